The van der Waals surface area contributed by atoms with Gasteiger partial charge in [0.05, 0.1) is 6.61 Å². The van der Waals surface area contributed by atoms with Crippen molar-refractivity contribution in [1.29, 1.82) is 0 Å². The first-order valence-corrected chi connectivity index (χ1v) is 8.17. The molecule has 0 spiro atoms. The summed E-state index contributed by atoms with van der Waals surface area (Å²) in [6, 6.07) is 7.60. The fourth-order valence-electron chi connectivity index (χ4n) is 3.34. The van der Waals surface area contributed by atoms with Crippen LogP contribution in [-0.4, -0.2) is 56.7 Å². The van der Waals surface area contributed by atoms with E-state index >= 15 is 0 Å². The second kappa shape index (κ2) is 7.11. The highest BCUT2D eigenvalue weighted by Gasteiger charge is 2.22. The number of anilines is 1. The zero-order valence-corrected chi connectivity index (χ0v) is 13.0. The smallest absolute Gasteiger partial charge is 0.248 e. The van der Waals surface area contributed by atoms with Gasteiger partial charge < -0.3 is 15.4 Å². The molecule has 1 unspecified atom stereocenters. The number of piperazine rings is 1. The largest absolute Gasteiger partial charge is 0.381 e. The monoisotopic (exact) mass is 303 g/mol. The van der Waals surface area contributed by atoms with Crippen molar-refractivity contribution in [1.82, 2.24) is 4.90 Å². The fourth-order valence-corrected chi connectivity index (χ4v) is 3.34. The zero-order valence-electron chi connectivity index (χ0n) is 13.0. The van der Waals surface area contributed by atoms with Crippen molar-refractivity contribution in [3.05, 3.63) is 29.8 Å². The van der Waals surface area contributed by atoms with E-state index in [9.17, 15) is 4.79 Å². The summed E-state index contributed by atoms with van der Waals surface area (Å²) >= 11 is 0. The maximum atomic E-state index is 11.1. The number of amides is 1. The molecule has 2 fully saturated rings. The number of primary amides is 1. The number of benzene rings is 1. The first-order chi connectivity index (χ1) is 10.7. The first-order valence-electron chi connectivity index (χ1n) is 8.17. The van der Waals surface area contributed by atoms with Crippen LogP contribution in [0, 0.1) is 5.92 Å². The second-order valence-corrected chi connectivity index (χ2v) is 6.28. The highest BCUT2D eigenvalue weighted by atomic mass is 16.5. The van der Waals surface area contributed by atoms with Gasteiger partial charge >= 0.3 is 0 Å². The van der Waals surface area contributed by atoms with E-state index in [4.69, 9.17) is 10.5 Å². The summed E-state index contributed by atoms with van der Waals surface area (Å²) in [4.78, 5) is 16.0. The molecule has 2 heterocycles. The summed E-state index contributed by atoms with van der Waals surface area (Å²) in [5.74, 6) is 0.334. The predicted octanol–water partition coefficient (Wildman–Crippen LogP) is 1.33. The molecule has 5 heteroatoms. The molecule has 0 bridgehead atoms. The third-order valence-electron chi connectivity index (χ3n) is 4.66. The molecule has 1 atom stereocenters. The van der Waals surface area contributed by atoms with Crippen molar-refractivity contribution in [2.24, 2.45) is 11.7 Å². The summed E-state index contributed by atoms with van der Waals surface area (Å²) < 4.78 is 5.57. The van der Waals surface area contributed by atoms with Crippen molar-refractivity contribution in [2.75, 3.05) is 50.8 Å². The molecule has 2 N–H and O–H groups in total. The van der Waals surface area contributed by atoms with Gasteiger partial charge in [0.25, 0.3) is 0 Å². The Hall–Kier alpha value is -1.59. The molecule has 1 aromatic rings. The van der Waals surface area contributed by atoms with E-state index in [0.717, 1.165) is 45.9 Å². The molecule has 2 saturated heterocycles. The normalized spacial score (nSPS) is 23.5. The van der Waals surface area contributed by atoms with Crippen LogP contribution in [0.1, 0.15) is 23.2 Å². The highest BCUT2D eigenvalue weighted by molar-refractivity contribution is 5.93. The van der Waals surface area contributed by atoms with Gasteiger partial charge in [0.2, 0.25) is 5.91 Å². The molecule has 120 valence electrons. The summed E-state index contributed by atoms with van der Waals surface area (Å²) in [7, 11) is 0. The van der Waals surface area contributed by atoms with Crippen LogP contribution in [0.5, 0.6) is 0 Å². The lowest BCUT2D eigenvalue weighted by Gasteiger charge is -2.38. The number of hydrogen-bond acceptors (Lipinski definition) is 4. The minimum Gasteiger partial charge on any atom is -0.381 e. The predicted molar refractivity (Wildman–Crippen MR) is 87.2 cm³/mol. The zero-order chi connectivity index (χ0) is 15.4. The molecular weight excluding hydrogens is 278 g/mol. The number of nitrogens with two attached hydrogens (primary N) is 1. The molecule has 2 aliphatic heterocycles. The van der Waals surface area contributed by atoms with Gasteiger partial charge in [0.15, 0.2) is 0 Å². The number of carbonyl (C=O) groups excluding carboxylic acids is 1. The van der Waals surface area contributed by atoms with Crippen LogP contribution < -0.4 is 10.6 Å². The van der Waals surface area contributed by atoms with Gasteiger partial charge in [0.1, 0.15) is 0 Å². The maximum absolute atomic E-state index is 11.1. The van der Waals surface area contributed by atoms with Gasteiger partial charge in [-0.15, -0.1) is 0 Å². The minimum atomic E-state index is -0.369. The van der Waals surface area contributed by atoms with Gasteiger partial charge in [0, 0.05) is 50.6 Å². The van der Waals surface area contributed by atoms with Gasteiger partial charge in [-0.25, -0.2) is 0 Å². The van der Waals surface area contributed by atoms with Crippen LogP contribution >= 0.6 is 0 Å². The van der Waals surface area contributed by atoms with E-state index in [1.54, 1.807) is 0 Å². The number of carbonyl (C=O) groups is 1. The van der Waals surface area contributed by atoms with Crippen LogP contribution in [0.15, 0.2) is 24.3 Å². The van der Waals surface area contributed by atoms with E-state index in [1.165, 1.54) is 18.5 Å². The number of hydrogen-bond donors (Lipinski definition) is 1. The molecule has 0 radical (unpaired) electrons. The highest BCUT2D eigenvalue weighted by Crippen LogP contribution is 2.19. The topological polar surface area (TPSA) is 58.8 Å². The van der Waals surface area contributed by atoms with Crippen molar-refractivity contribution in [2.45, 2.75) is 12.8 Å². The summed E-state index contributed by atoms with van der Waals surface area (Å²) in [5, 5.41) is 0. The first kappa shape index (κ1) is 15.3. The maximum Gasteiger partial charge on any atom is 0.248 e. The van der Waals surface area contributed by atoms with Crippen LogP contribution in [0.2, 0.25) is 0 Å². The Morgan fingerprint density at radius 1 is 1.18 bits per heavy atom. The van der Waals surface area contributed by atoms with Gasteiger partial charge in [-0.05, 0) is 43.0 Å². The Kier molecular flexibility index (Phi) is 4.95. The molecule has 22 heavy (non-hydrogen) atoms. The van der Waals surface area contributed by atoms with Crippen LogP contribution in [-0.2, 0) is 4.74 Å². The van der Waals surface area contributed by atoms with Crippen molar-refractivity contribution < 1.29 is 9.53 Å². The Morgan fingerprint density at radius 3 is 2.50 bits per heavy atom. The van der Waals surface area contributed by atoms with E-state index in [-0.39, 0.29) is 5.91 Å². The molecule has 0 saturated carbocycles. The quantitative estimate of drug-likeness (QED) is 0.912. The second-order valence-electron chi connectivity index (χ2n) is 6.28. The van der Waals surface area contributed by atoms with Crippen molar-refractivity contribution in [3.63, 3.8) is 0 Å². The third-order valence-corrected chi connectivity index (χ3v) is 4.66. The number of ether oxygens (including phenoxy) is 1. The van der Waals surface area contributed by atoms with Gasteiger partial charge in [-0.1, -0.05) is 0 Å². The fraction of sp³-hybridized carbons (Fsp3) is 0.588. The third kappa shape index (κ3) is 3.78. The number of rotatable bonds is 4. The average molecular weight is 303 g/mol. The van der Waals surface area contributed by atoms with Crippen molar-refractivity contribution in [3.8, 4) is 0 Å². The Bertz CT molecular complexity index is 489. The van der Waals surface area contributed by atoms with E-state index in [0.29, 0.717) is 11.5 Å². The summed E-state index contributed by atoms with van der Waals surface area (Å²) in [6.45, 7) is 7.27. The van der Waals surface area contributed by atoms with Crippen LogP contribution in [0.25, 0.3) is 0 Å². The molecule has 0 aliphatic carbocycles. The molecule has 3 rings (SSSR count). The molecule has 5 nitrogen and oxygen atoms in total. The number of nitrogens with zero attached hydrogens (tertiary/aromatic N) is 2. The minimum absolute atomic E-state index is 0.369. The molecule has 1 aromatic carbocycles. The van der Waals surface area contributed by atoms with Crippen molar-refractivity contribution >= 4 is 11.6 Å². The lowest BCUT2D eigenvalue weighted by Crippen LogP contribution is -2.48. The lowest BCUT2D eigenvalue weighted by molar-refractivity contribution is 0.0377. The Morgan fingerprint density at radius 2 is 1.91 bits per heavy atom. The summed E-state index contributed by atoms with van der Waals surface area (Å²) in [5.41, 5.74) is 7.02. The molecule has 0 aromatic heterocycles. The average Bonchev–Trinajstić information content (AvgIpc) is 2.57. The van der Waals surface area contributed by atoms with Crippen LogP contribution in [0.3, 0.4) is 0 Å². The standard InChI is InChI=1S/C17H25N3O2/c18-17(21)15-3-5-16(6-4-15)20-9-7-19(8-10-20)12-14-2-1-11-22-13-14/h3-6,14H,1-2,7-13H2,(H2,18,21). The Balaban J connectivity index is 1.49. The molecule has 2 aliphatic rings. The van der Waals surface area contributed by atoms with E-state index in [2.05, 4.69) is 9.80 Å². The van der Waals surface area contributed by atoms with Gasteiger partial charge in [-0.3, -0.25) is 9.69 Å². The lowest BCUT2D eigenvalue weighted by atomic mass is 10.0. The molecule has 1 amide bonds. The van der Waals surface area contributed by atoms with Gasteiger partial charge in [-0.2, -0.15) is 0 Å². The van der Waals surface area contributed by atoms with E-state index in [1.807, 2.05) is 24.3 Å². The Labute approximate surface area is 132 Å². The van der Waals surface area contributed by atoms with E-state index < -0.39 is 0 Å². The summed E-state index contributed by atoms with van der Waals surface area (Å²) in [6.07, 6.45) is 2.51. The SMILES string of the molecule is NC(=O)c1ccc(N2CCN(CC3CCCOC3)CC2)cc1. The van der Waals surface area contributed by atoms with Crippen LogP contribution in [0.4, 0.5) is 5.69 Å². The molecular formula is C17H25N3O2.